The third-order valence-electron chi connectivity index (χ3n) is 1.99. The van der Waals surface area contributed by atoms with Crippen molar-refractivity contribution >= 4 is 23.0 Å². The van der Waals surface area contributed by atoms with E-state index in [2.05, 4.69) is 9.97 Å². The van der Waals surface area contributed by atoms with Gasteiger partial charge < -0.3 is 10.6 Å². The molecule has 0 aliphatic heterocycles. The molecule has 0 radical (unpaired) electrons. The molecule has 76 valence electrons. The summed E-state index contributed by atoms with van der Waals surface area (Å²) in [6.45, 7) is 2.77. The first-order valence-corrected chi connectivity index (χ1v) is 4.78. The van der Waals surface area contributed by atoms with Gasteiger partial charge in [-0.15, -0.1) is 0 Å². The molecule has 0 amide bonds. The lowest BCUT2D eigenvalue weighted by molar-refractivity contribution is 0.734. The van der Waals surface area contributed by atoms with E-state index in [1.54, 1.807) is 6.20 Å². The topological polar surface area (TPSA) is 55.0 Å². The Morgan fingerprint density at radius 1 is 1.71 bits per heavy atom. The summed E-state index contributed by atoms with van der Waals surface area (Å²) >= 11 is 4.90. The Kier molecular flexibility index (Phi) is 3.76. The summed E-state index contributed by atoms with van der Waals surface area (Å²) < 4.78 is 0. The van der Waals surface area contributed by atoms with Crippen molar-refractivity contribution in [1.82, 2.24) is 9.97 Å². The molecular formula is C9H14N4S. The fourth-order valence-corrected chi connectivity index (χ4v) is 1.18. The number of nitrogens with zero attached hydrogens (tertiary/aromatic N) is 3. The van der Waals surface area contributed by atoms with Crippen molar-refractivity contribution in [1.29, 1.82) is 0 Å². The van der Waals surface area contributed by atoms with Gasteiger partial charge >= 0.3 is 0 Å². The fraction of sp³-hybridized carbons (Fsp3) is 0.444. The lowest BCUT2D eigenvalue weighted by Gasteiger charge is -2.21. The summed E-state index contributed by atoms with van der Waals surface area (Å²) in [4.78, 5) is 10.5. The highest BCUT2D eigenvalue weighted by molar-refractivity contribution is 7.80. The minimum Gasteiger partial charge on any atom is -0.393 e. The van der Waals surface area contributed by atoms with E-state index in [1.807, 2.05) is 24.9 Å². The van der Waals surface area contributed by atoms with Crippen LogP contribution in [0.2, 0.25) is 0 Å². The van der Waals surface area contributed by atoms with Gasteiger partial charge in [0.15, 0.2) is 0 Å². The normalized spacial score (nSPS) is 12.1. The van der Waals surface area contributed by atoms with Gasteiger partial charge in [-0.05, 0) is 6.07 Å². The van der Waals surface area contributed by atoms with E-state index in [0.717, 1.165) is 12.4 Å². The third kappa shape index (κ3) is 2.92. The summed E-state index contributed by atoms with van der Waals surface area (Å²) in [7, 11) is 1.96. The molecule has 1 heterocycles. The third-order valence-corrected chi connectivity index (χ3v) is 2.39. The molecular weight excluding hydrogens is 196 g/mol. The SMILES string of the molecule is CC(CN(C)c1ccncn1)C(N)=S. The second-order valence-corrected chi connectivity index (χ2v) is 3.72. The second-order valence-electron chi connectivity index (χ2n) is 3.25. The second kappa shape index (κ2) is 4.85. The van der Waals surface area contributed by atoms with E-state index >= 15 is 0 Å². The zero-order chi connectivity index (χ0) is 10.6. The average molecular weight is 210 g/mol. The molecule has 1 rings (SSSR count). The molecule has 0 saturated heterocycles. The van der Waals surface area contributed by atoms with Crippen LogP contribution < -0.4 is 10.6 Å². The highest BCUT2D eigenvalue weighted by atomic mass is 32.1. The van der Waals surface area contributed by atoms with Crippen molar-refractivity contribution in [2.75, 3.05) is 18.5 Å². The van der Waals surface area contributed by atoms with Crippen LogP contribution >= 0.6 is 12.2 Å². The van der Waals surface area contributed by atoms with Gasteiger partial charge in [-0.25, -0.2) is 9.97 Å². The van der Waals surface area contributed by atoms with E-state index < -0.39 is 0 Å². The molecule has 5 heteroatoms. The Balaban J connectivity index is 2.59. The first kappa shape index (κ1) is 10.8. The molecule has 2 N–H and O–H groups in total. The lowest BCUT2D eigenvalue weighted by Crippen LogP contribution is -2.31. The Morgan fingerprint density at radius 3 is 2.93 bits per heavy atom. The summed E-state index contributed by atoms with van der Waals surface area (Å²) in [5, 5.41) is 0. The minimum absolute atomic E-state index is 0.185. The van der Waals surface area contributed by atoms with Gasteiger partial charge in [0.2, 0.25) is 0 Å². The van der Waals surface area contributed by atoms with E-state index in [-0.39, 0.29) is 5.92 Å². The molecule has 4 nitrogen and oxygen atoms in total. The first-order chi connectivity index (χ1) is 6.61. The molecule has 0 saturated carbocycles. The number of hydrogen-bond donors (Lipinski definition) is 1. The summed E-state index contributed by atoms with van der Waals surface area (Å²) in [6.07, 6.45) is 3.24. The van der Waals surface area contributed by atoms with Gasteiger partial charge in [0.1, 0.15) is 12.1 Å². The Morgan fingerprint density at radius 2 is 2.43 bits per heavy atom. The molecule has 0 spiro atoms. The van der Waals surface area contributed by atoms with E-state index in [0.29, 0.717) is 4.99 Å². The van der Waals surface area contributed by atoms with Crippen molar-refractivity contribution in [3.8, 4) is 0 Å². The summed E-state index contributed by atoms with van der Waals surface area (Å²) in [5.41, 5.74) is 5.53. The van der Waals surface area contributed by atoms with Gasteiger partial charge in [-0.2, -0.15) is 0 Å². The molecule has 1 atom stereocenters. The number of nitrogens with two attached hydrogens (primary N) is 1. The predicted molar refractivity (Wildman–Crippen MR) is 61.3 cm³/mol. The predicted octanol–water partition coefficient (Wildman–Crippen LogP) is 0.835. The van der Waals surface area contributed by atoms with Crippen molar-refractivity contribution in [3.05, 3.63) is 18.6 Å². The molecule has 14 heavy (non-hydrogen) atoms. The molecule has 0 fully saturated rings. The standard InChI is InChI=1S/C9H14N4S/c1-7(9(10)14)5-13(2)8-3-4-11-6-12-8/h3-4,6-7H,5H2,1-2H3,(H2,10,14). The van der Waals surface area contributed by atoms with Gasteiger partial charge in [0.05, 0.1) is 4.99 Å². The van der Waals surface area contributed by atoms with Crippen LogP contribution in [0.3, 0.4) is 0 Å². The van der Waals surface area contributed by atoms with Crippen molar-refractivity contribution in [3.63, 3.8) is 0 Å². The molecule has 1 aromatic heterocycles. The van der Waals surface area contributed by atoms with Crippen LogP contribution in [0.25, 0.3) is 0 Å². The molecule has 0 aliphatic carbocycles. The van der Waals surface area contributed by atoms with Gasteiger partial charge in [-0.1, -0.05) is 19.1 Å². The maximum atomic E-state index is 5.53. The number of thiocarbonyl (C=S) groups is 1. The molecule has 0 bridgehead atoms. The number of hydrogen-bond acceptors (Lipinski definition) is 4. The van der Waals surface area contributed by atoms with Crippen LogP contribution in [0.15, 0.2) is 18.6 Å². The van der Waals surface area contributed by atoms with Crippen molar-refractivity contribution < 1.29 is 0 Å². The van der Waals surface area contributed by atoms with E-state index in [9.17, 15) is 0 Å². The van der Waals surface area contributed by atoms with Gasteiger partial charge in [-0.3, -0.25) is 0 Å². The van der Waals surface area contributed by atoms with Crippen molar-refractivity contribution in [2.24, 2.45) is 11.7 Å². The zero-order valence-corrected chi connectivity index (χ0v) is 9.16. The van der Waals surface area contributed by atoms with Crippen LogP contribution in [-0.4, -0.2) is 28.5 Å². The largest absolute Gasteiger partial charge is 0.393 e. The van der Waals surface area contributed by atoms with Gasteiger partial charge in [0.25, 0.3) is 0 Å². The maximum absolute atomic E-state index is 5.53. The van der Waals surface area contributed by atoms with Gasteiger partial charge in [0, 0.05) is 25.7 Å². The summed E-state index contributed by atoms with van der Waals surface area (Å²) in [6, 6.07) is 1.85. The molecule has 1 unspecified atom stereocenters. The summed E-state index contributed by atoms with van der Waals surface area (Å²) in [5.74, 6) is 1.06. The highest BCUT2D eigenvalue weighted by Gasteiger charge is 2.09. The minimum atomic E-state index is 0.185. The van der Waals surface area contributed by atoms with E-state index in [4.69, 9.17) is 18.0 Å². The molecule has 0 aromatic carbocycles. The first-order valence-electron chi connectivity index (χ1n) is 4.37. The Hall–Kier alpha value is -1.23. The Bertz CT molecular complexity index is 301. The smallest absolute Gasteiger partial charge is 0.131 e. The van der Waals surface area contributed by atoms with Crippen molar-refractivity contribution in [2.45, 2.75) is 6.92 Å². The Labute approximate surface area is 89.2 Å². The zero-order valence-electron chi connectivity index (χ0n) is 8.34. The van der Waals surface area contributed by atoms with E-state index in [1.165, 1.54) is 6.33 Å². The quantitative estimate of drug-likeness (QED) is 0.746. The van der Waals surface area contributed by atoms with Crippen LogP contribution in [-0.2, 0) is 0 Å². The molecule has 0 aliphatic rings. The lowest BCUT2D eigenvalue weighted by atomic mass is 10.2. The number of aromatic nitrogens is 2. The average Bonchev–Trinajstić information content (AvgIpc) is 2.19. The van der Waals surface area contributed by atoms with Crippen LogP contribution in [0, 0.1) is 5.92 Å². The maximum Gasteiger partial charge on any atom is 0.131 e. The van der Waals surface area contributed by atoms with Crippen LogP contribution in [0.5, 0.6) is 0 Å². The number of rotatable bonds is 4. The fourth-order valence-electron chi connectivity index (χ4n) is 1.10. The highest BCUT2D eigenvalue weighted by Crippen LogP contribution is 2.08. The van der Waals surface area contributed by atoms with Crippen LogP contribution in [0.4, 0.5) is 5.82 Å². The number of anilines is 1. The monoisotopic (exact) mass is 210 g/mol. The van der Waals surface area contributed by atoms with Crippen LogP contribution in [0.1, 0.15) is 6.92 Å². The molecule has 1 aromatic rings.